The van der Waals surface area contributed by atoms with E-state index in [-0.39, 0.29) is 0 Å². The van der Waals surface area contributed by atoms with E-state index >= 15 is 0 Å². The van der Waals surface area contributed by atoms with E-state index in [4.69, 9.17) is 6.57 Å². The third-order valence-electron chi connectivity index (χ3n) is 4.33. The molecule has 0 N–H and O–H groups in total. The summed E-state index contributed by atoms with van der Waals surface area (Å²) in [5.74, 6) is -0.421. The molecule has 4 heteroatoms. The smallest absolute Gasteiger partial charge is 0.261 e. The topological polar surface area (TPSA) is 31.4 Å². The normalized spacial score (nSPS) is 17.9. The van der Waals surface area contributed by atoms with Crippen molar-refractivity contribution in [3.63, 3.8) is 0 Å². The summed E-state index contributed by atoms with van der Waals surface area (Å²) in [6.07, 6.45) is 3.76. The number of benzene rings is 1. The van der Waals surface area contributed by atoms with Gasteiger partial charge in [-0.05, 0) is 31.2 Å². The highest BCUT2D eigenvalue weighted by molar-refractivity contribution is 5.44. The first-order valence-electron chi connectivity index (χ1n) is 7.46. The number of nitrogens with zero attached hydrogens (tertiary/aromatic N) is 3. The van der Waals surface area contributed by atoms with Crippen LogP contribution in [-0.2, 0) is 5.54 Å². The van der Waals surface area contributed by atoms with Crippen molar-refractivity contribution in [2.75, 3.05) is 19.6 Å². The van der Waals surface area contributed by atoms with Crippen molar-refractivity contribution in [3.05, 3.63) is 46.6 Å². The van der Waals surface area contributed by atoms with Crippen molar-refractivity contribution >= 4 is 0 Å². The molecular formula is C17H20FN3. The standard InChI is InChI=1S/C17H20FN3/c1-3-4-9-21-10-7-17(20-2,8-11-21)16-6-5-15(18)12-14(16)13-19/h5-6,12H,3-4,7-11H2,1H3. The molecule has 2 rings (SSSR count). The largest absolute Gasteiger partial charge is 0.305 e. The Morgan fingerprint density at radius 1 is 1.43 bits per heavy atom. The average Bonchev–Trinajstić information content (AvgIpc) is 2.53. The van der Waals surface area contributed by atoms with Crippen LogP contribution in [-0.4, -0.2) is 24.5 Å². The summed E-state index contributed by atoms with van der Waals surface area (Å²) in [4.78, 5) is 6.23. The van der Waals surface area contributed by atoms with Crippen LogP contribution < -0.4 is 0 Å². The molecule has 1 aromatic carbocycles. The lowest BCUT2D eigenvalue weighted by Gasteiger charge is -2.34. The van der Waals surface area contributed by atoms with Gasteiger partial charge in [0.25, 0.3) is 5.54 Å². The molecule has 3 nitrogen and oxygen atoms in total. The molecule has 1 aliphatic heterocycles. The van der Waals surface area contributed by atoms with E-state index in [1.165, 1.54) is 25.0 Å². The van der Waals surface area contributed by atoms with Crippen LogP contribution in [0.4, 0.5) is 4.39 Å². The van der Waals surface area contributed by atoms with Crippen molar-refractivity contribution in [1.82, 2.24) is 4.90 Å². The van der Waals surface area contributed by atoms with Crippen LogP contribution in [0.1, 0.15) is 43.7 Å². The SMILES string of the molecule is [C-]#[N+]C1(c2ccc(F)cc2C#N)CCN(CCCC)CC1. The number of hydrogen-bond donors (Lipinski definition) is 0. The zero-order valence-electron chi connectivity index (χ0n) is 12.4. The van der Waals surface area contributed by atoms with Gasteiger partial charge in [0, 0.05) is 25.9 Å². The number of piperidine rings is 1. The molecule has 0 unspecified atom stereocenters. The third kappa shape index (κ3) is 3.23. The Balaban J connectivity index is 2.22. The van der Waals surface area contributed by atoms with Crippen molar-refractivity contribution in [2.45, 2.75) is 38.1 Å². The minimum absolute atomic E-state index is 0.299. The van der Waals surface area contributed by atoms with E-state index in [1.807, 2.05) is 6.07 Å². The van der Waals surface area contributed by atoms with Gasteiger partial charge in [-0.3, -0.25) is 0 Å². The fourth-order valence-corrected chi connectivity index (χ4v) is 2.98. The molecule has 1 saturated heterocycles. The zero-order chi connectivity index (χ0) is 15.3. The summed E-state index contributed by atoms with van der Waals surface area (Å²) in [7, 11) is 0. The van der Waals surface area contributed by atoms with Crippen LogP contribution in [0.5, 0.6) is 0 Å². The van der Waals surface area contributed by atoms with Gasteiger partial charge in [-0.1, -0.05) is 13.3 Å². The maximum Gasteiger partial charge on any atom is 0.261 e. The minimum Gasteiger partial charge on any atom is -0.305 e. The summed E-state index contributed by atoms with van der Waals surface area (Å²) in [6, 6.07) is 6.26. The maximum absolute atomic E-state index is 13.3. The Morgan fingerprint density at radius 2 is 2.14 bits per heavy atom. The highest BCUT2D eigenvalue weighted by Gasteiger charge is 2.43. The summed E-state index contributed by atoms with van der Waals surface area (Å²) >= 11 is 0. The van der Waals surface area contributed by atoms with Gasteiger partial charge in [-0.25, -0.2) is 11.0 Å². The molecule has 0 aliphatic carbocycles. The highest BCUT2D eigenvalue weighted by atomic mass is 19.1. The predicted octanol–water partition coefficient (Wildman–Crippen LogP) is 3.71. The Hall–Kier alpha value is -1.91. The molecule has 0 saturated carbocycles. The second-order valence-electron chi connectivity index (χ2n) is 5.64. The Bertz CT molecular complexity index is 575. The van der Waals surface area contributed by atoms with E-state index in [9.17, 15) is 9.65 Å². The summed E-state index contributed by atoms with van der Waals surface area (Å²) < 4.78 is 13.3. The van der Waals surface area contributed by atoms with Gasteiger partial charge >= 0.3 is 0 Å². The van der Waals surface area contributed by atoms with E-state index in [1.54, 1.807) is 6.07 Å². The Kier molecular flexibility index (Phi) is 4.94. The van der Waals surface area contributed by atoms with Crippen molar-refractivity contribution in [1.29, 1.82) is 5.26 Å². The number of halogens is 1. The van der Waals surface area contributed by atoms with Crippen LogP contribution in [0.15, 0.2) is 18.2 Å². The van der Waals surface area contributed by atoms with Crippen LogP contribution in [0.3, 0.4) is 0 Å². The van der Waals surface area contributed by atoms with E-state index < -0.39 is 11.4 Å². The van der Waals surface area contributed by atoms with Crippen molar-refractivity contribution in [2.24, 2.45) is 0 Å². The molecule has 0 bridgehead atoms. The first-order valence-corrected chi connectivity index (χ1v) is 7.46. The maximum atomic E-state index is 13.3. The fraction of sp³-hybridized carbons (Fsp3) is 0.529. The minimum atomic E-state index is -0.665. The average molecular weight is 285 g/mol. The first kappa shape index (κ1) is 15.5. The van der Waals surface area contributed by atoms with Gasteiger partial charge in [0.1, 0.15) is 5.82 Å². The number of hydrogen-bond acceptors (Lipinski definition) is 2. The first-order chi connectivity index (χ1) is 10.1. The van der Waals surface area contributed by atoms with Gasteiger partial charge in [0.15, 0.2) is 0 Å². The molecular weight excluding hydrogens is 265 g/mol. The van der Waals surface area contributed by atoms with Gasteiger partial charge in [0.2, 0.25) is 0 Å². The number of likely N-dealkylation sites (tertiary alicyclic amines) is 1. The van der Waals surface area contributed by atoms with Gasteiger partial charge < -0.3 is 9.74 Å². The Morgan fingerprint density at radius 3 is 2.71 bits per heavy atom. The number of nitriles is 1. The lowest BCUT2D eigenvalue weighted by molar-refractivity contribution is 0.179. The van der Waals surface area contributed by atoms with Crippen LogP contribution in [0.25, 0.3) is 4.85 Å². The van der Waals surface area contributed by atoms with Crippen LogP contribution in [0.2, 0.25) is 0 Å². The monoisotopic (exact) mass is 285 g/mol. The van der Waals surface area contributed by atoms with Gasteiger partial charge in [0.05, 0.1) is 17.2 Å². The molecule has 21 heavy (non-hydrogen) atoms. The summed E-state index contributed by atoms with van der Waals surface area (Å²) in [5, 5.41) is 9.22. The third-order valence-corrected chi connectivity index (χ3v) is 4.33. The van der Waals surface area contributed by atoms with Gasteiger partial charge in [-0.2, -0.15) is 5.26 Å². The zero-order valence-corrected chi connectivity index (χ0v) is 12.4. The van der Waals surface area contributed by atoms with E-state index in [2.05, 4.69) is 16.7 Å². The van der Waals surface area contributed by atoms with Crippen molar-refractivity contribution in [3.8, 4) is 6.07 Å². The molecule has 0 spiro atoms. The molecule has 1 aliphatic rings. The predicted molar refractivity (Wildman–Crippen MR) is 80.0 cm³/mol. The lowest BCUT2D eigenvalue weighted by Crippen LogP contribution is -2.41. The lowest BCUT2D eigenvalue weighted by atomic mass is 9.79. The van der Waals surface area contributed by atoms with Gasteiger partial charge in [-0.15, -0.1) is 0 Å². The molecule has 1 aromatic rings. The molecule has 0 aromatic heterocycles. The molecule has 0 atom stereocenters. The second kappa shape index (κ2) is 6.70. The summed E-state index contributed by atoms with van der Waals surface area (Å²) in [5.41, 5.74) is 0.325. The van der Waals surface area contributed by atoms with Crippen LogP contribution >= 0.6 is 0 Å². The molecule has 1 fully saturated rings. The second-order valence-corrected chi connectivity index (χ2v) is 5.64. The molecule has 0 radical (unpaired) electrons. The highest BCUT2D eigenvalue weighted by Crippen LogP contribution is 2.38. The fourth-order valence-electron chi connectivity index (χ4n) is 2.98. The van der Waals surface area contributed by atoms with E-state index in [0.717, 1.165) is 19.6 Å². The Labute approximate surface area is 125 Å². The molecule has 1 heterocycles. The molecule has 110 valence electrons. The van der Waals surface area contributed by atoms with Crippen molar-refractivity contribution < 1.29 is 4.39 Å². The number of unbranched alkanes of at least 4 members (excludes halogenated alkanes) is 1. The summed E-state index contributed by atoms with van der Waals surface area (Å²) in [6.45, 7) is 12.6. The quantitative estimate of drug-likeness (QED) is 0.790. The van der Waals surface area contributed by atoms with E-state index in [0.29, 0.717) is 24.0 Å². The number of rotatable bonds is 4. The van der Waals surface area contributed by atoms with Crippen LogP contribution in [0, 0.1) is 23.7 Å². The molecule has 0 amide bonds.